The van der Waals surface area contributed by atoms with Gasteiger partial charge in [-0.15, -0.1) is 11.8 Å². The fourth-order valence-electron chi connectivity index (χ4n) is 1.75. The monoisotopic (exact) mass is 289 g/mol. The van der Waals surface area contributed by atoms with E-state index in [9.17, 15) is 4.79 Å². The van der Waals surface area contributed by atoms with Crippen molar-refractivity contribution in [3.8, 4) is 0 Å². The van der Waals surface area contributed by atoms with Gasteiger partial charge in [0.05, 0.1) is 11.4 Å². The van der Waals surface area contributed by atoms with E-state index in [1.54, 1.807) is 16.4 Å². The Morgan fingerprint density at radius 1 is 1.44 bits per heavy atom. The summed E-state index contributed by atoms with van der Waals surface area (Å²) < 4.78 is 1.67. The lowest BCUT2D eigenvalue weighted by molar-refractivity contribution is -0.127. The van der Waals surface area contributed by atoms with Gasteiger partial charge in [-0.1, -0.05) is 11.6 Å². The van der Waals surface area contributed by atoms with Crippen LogP contribution in [0.4, 0.5) is 0 Å². The molecule has 0 saturated heterocycles. The van der Waals surface area contributed by atoms with Crippen molar-refractivity contribution in [2.45, 2.75) is 26.5 Å². The fraction of sp³-hybridized carbons (Fsp3) is 0.667. The van der Waals surface area contributed by atoms with Crippen LogP contribution in [0.15, 0.2) is 0 Å². The number of thioether (sulfide) groups is 1. The maximum Gasteiger partial charge on any atom is 0.232 e. The summed E-state index contributed by atoms with van der Waals surface area (Å²) in [5, 5.41) is 4.91. The Bertz CT molecular complexity index is 416. The molecule has 0 aromatic carbocycles. The minimum absolute atomic E-state index is 0.183. The molecule has 0 atom stereocenters. The number of carbonyl (C=O) groups is 1. The molecule has 1 aromatic heterocycles. The van der Waals surface area contributed by atoms with E-state index in [-0.39, 0.29) is 5.91 Å². The van der Waals surface area contributed by atoms with E-state index in [0.717, 1.165) is 30.1 Å². The molecular formula is C12H20ClN3OS. The summed E-state index contributed by atoms with van der Waals surface area (Å²) in [5.41, 5.74) is 1.96. The first-order chi connectivity index (χ1) is 8.51. The molecule has 0 aliphatic heterocycles. The van der Waals surface area contributed by atoms with Crippen LogP contribution in [-0.4, -0.2) is 39.4 Å². The normalized spacial score (nSPS) is 10.7. The van der Waals surface area contributed by atoms with Gasteiger partial charge in [0.25, 0.3) is 0 Å². The van der Waals surface area contributed by atoms with E-state index in [1.807, 2.05) is 32.7 Å². The van der Waals surface area contributed by atoms with E-state index in [0.29, 0.717) is 10.9 Å². The molecule has 0 N–H and O–H groups in total. The van der Waals surface area contributed by atoms with Crippen molar-refractivity contribution in [2.75, 3.05) is 18.8 Å². The minimum atomic E-state index is 0.183. The number of amides is 1. The van der Waals surface area contributed by atoms with Gasteiger partial charge in [0, 0.05) is 31.5 Å². The van der Waals surface area contributed by atoms with Crippen molar-refractivity contribution >= 4 is 29.3 Å². The van der Waals surface area contributed by atoms with Crippen molar-refractivity contribution in [3.05, 3.63) is 16.4 Å². The van der Waals surface area contributed by atoms with Crippen LogP contribution in [0.2, 0.25) is 5.15 Å². The van der Waals surface area contributed by atoms with E-state index < -0.39 is 0 Å². The molecule has 0 bridgehead atoms. The first-order valence-corrected chi connectivity index (χ1v) is 7.57. The second-order valence-corrected chi connectivity index (χ2v) is 5.38. The molecule has 1 aromatic rings. The highest BCUT2D eigenvalue weighted by Crippen LogP contribution is 2.23. The Labute approximate surface area is 118 Å². The molecule has 1 rings (SSSR count). The number of aryl methyl sites for hydroxylation is 2. The molecular weight excluding hydrogens is 270 g/mol. The summed E-state index contributed by atoms with van der Waals surface area (Å²) >= 11 is 7.72. The van der Waals surface area contributed by atoms with Crippen LogP contribution in [0.25, 0.3) is 0 Å². The average molecular weight is 290 g/mol. The van der Waals surface area contributed by atoms with Gasteiger partial charge in [-0.3, -0.25) is 9.48 Å². The zero-order chi connectivity index (χ0) is 13.7. The molecule has 102 valence electrons. The molecule has 0 aliphatic rings. The molecule has 0 saturated carbocycles. The molecule has 1 amide bonds. The molecule has 4 nitrogen and oxygen atoms in total. The largest absolute Gasteiger partial charge is 0.343 e. The standard InChI is InChI=1S/C12H20ClN3OS/c1-5-16(6-2)11(17)8-18-7-10-9(3)14-15(4)12(10)13/h5-8H2,1-4H3. The van der Waals surface area contributed by atoms with Crippen molar-refractivity contribution in [1.82, 2.24) is 14.7 Å². The molecule has 0 unspecified atom stereocenters. The second kappa shape index (κ2) is 7.04. The third kappa shape index (κ3) is 3.65. The van der Waals surface area contributed by atoms with E-state index in [4.69, 9.17) is 11.6 Å². The van der Waals surface area contributed by atoms with Crippen LogP contribution >= 0.6 is 23.4 Å². The summed E-state index contributed by atoms with van der Waals surface area (Å²) in [6, 6.07) is 0. The Morgan fingerprint density at radius 3 is 2.50 bits per heavy atom. The first-order valence-electron chi connectivity index (χ1n) is 6.04. The van der Waals surface area contributed by atoms with Gasteiger partial charge in [-0.05, 0) is 20.8 Å². The lowest BCUT2D eigenvalue weighted by Crippen LogP contribution is -2.31. The third-order valence-corrected chi connectivity index (χ3v) is 4.27. The van der Waals surface area contributed by atoms with Crippen molar-refractivity contribution in [1.29, 1.82) is 0 Å². The van der Waals surface area contributed by atoms with Gasteiger partial charge in [0.15, 0.2) is 0 Å². The fourth-order valence-corrected chi connectivity index (χ4v) is 3.08. The van der Waals surface area contributed by atoms with Gasteiger partial charge in [0.1, 0.15) is 5.15 Å². The summed E-state index contributed by atoms with van der Waals surface area (Å²) in [4.78, 5) is 13.7. The van der Waals surface area contributed by atoms with Crippen LogP contribution in [-0.2, 0) is 17.6 Å². The summed E-state index contributed by atoms with van der Waals surface area (Å²) in [6.45, 7) is 7.46. The van der Waals surface area contributed by atoms with E-state index in [2.05, 4.69) is 5.10 Å². The van der Waals surface area contributed by atoms with E-state index in [1.165, 1.54) is 0 Å². The lowest BCUT2D eigenvalue weighted by Gasteiger charge is -2.18. The predicted molar refractivity (Wildman–Crippen MR) is 77.0 cm³/mol. The van der Waals surface area contributed by atoms with Crippen LogP contribution in [0.5, 0.6) is 0 Å². The van der Waals surface area contributed by atoms with Crippen LogP contribution in [0.3, 0.4) is 0 Å². The molecule has 0 spiro atoms. The third-order valence-electron chi connectivity index (χ3n) is 2.86. The molecule has 0 fully saturated rings. The van der Waals surface area contributed by atoms with Crippen LogP contribution in [0, 0.1) is 6.92 Å². The maximum atomic E-state index is 11.8. The van der Waals surface area contributed by atoms with Crippen LogP contribution in [0.1, 0.15) is 25.1 Å². The van der Waals surface area contributed by atoms with Gasteiger partial charge >= 0.3 is 0 Å². The lowest BCUT2D eigenvalue weighted by atomic mass is 10.3. The number of hydrogen-bond acceptors (Lipinski definition) is 3. The number of hydrogen-bond donors (Lipinski definition) is 0. The molecule has 18 heavy (non-hydrogen) atoms. The highest BCUT2D eigenvalue weighted by molar-refractivity contribution is 7.99. The topological polar surface area (TPSA) is 38.1 Å². The van der Waals surface area contributed by atoms with E-state index >= 15 is 0 Å². The number of aromatic nitrogens is 2. The number of halogens is 1. The molecule has 1 heterocycles. The zero-order valence-electron chi connectivity index (χ0n) is 11.4. The quantitative estimate of drug-likeness (QED) is 0.807. The molecule has 0 radical (unpaired) electrons. The number of nitrogens with zero attached hydrogens (tertiary/aromatic N) is 3. The van der Waals surface area contributed by atoms with Gasteiger partial charge in [-0.25, -0.2) is 0 Å². The van der Waals surface area contributed by atoms with Crippen molar-refractivity contribution in [3.63, 3.8) is 0 Å². The Kier molecular flexibility index (Phi) is 6.02. The highest BCUT2D eigenvalue weighted by Gasteiger charge is 2.13. The Morgan fingerprint density at radius 2 is 2.06 bits per heavy atom. The smallest absolute Gasteiger partial charge is 0.232 e. The first kappa shape index (κ1) is 15.4. The van der Waals surface area contributed by atoms with Gasteiger partial charge in [-0.2, -0.15) is 5.10 Å². The zero-order valence-corrected chi connectivity index (χ0v) is 12.9. The number of carbonyl (C=O) groups excluding carboxylic acids is 1. The van der Waals surface area contributed by atoms with Gasteiger partial charge in [0.2, 0.25) is 5.91 Å². The van der Waals surface area contributed by atoms with Crippen molar-refractivity contribution in [2.24, 2.45) is 7.05 Å². The minimum Gasteiger partial charge on any atom is -0.343 e. The predicted octanol–water partition coefficient (Wildman–Crippen LogP) is 2.48. The average Bonchev–Trinajstić information content (AvgIpc) is 2.57. The van der Waals surface area contributed by atoms with Crippen molar-refractivity contribution < 1.29 is 4.79 Å². The maximum absolute atomic E-state index is 11.8. The SMILES string of the molecule is CCN(CC)C(=O)CSCc1c(C)nn(C)c1Cl. The Balaban J connectivity index is 2.49. The molecule has 0 aliphatic carbocycles. The Hall–Kier alpha value is -0.680. The summed E-state index contributed by atoms with van der Waals surface area (Å²) in [7, 11) is 1.82. The van der Waals surface area contributed by atoms with Crippen LogP contribution < -0.4 is 0 Å². The summed E-state index contributed by atoms with van der Waals surface area (Å²) in [5.74, 6) is 1.40. The second-order valence-electron chi connectivity index (χ2n) is 4.04. The molecule has 6 heteroatoms. The highest BCUT2D eigenvalue weighted by atomic mass is 35.5. The number of rotatable bonds is 6. The van der Waals surface area contributed by atoms with Gasteiger partial charge < -0.3 is 4.90 Å². The summed E-state index contributed by atoms with van der Waals surface area (Å²) in [6.07, 6.45) is 0.